The molecule has 4 aromatic carbocycles. The van der Waals surface area contributed by atoms with Crippen molar-refractivity contribution in [1.29, 1.82) is 0 Å². The normalized spacial score (nSPS) is 11.3. The summed E-state index contributed by atoms with van der Waals surface area (Å²) in [5.74, 6) is 0.555. The van der Waals surface area contributed by atoms with Crippen molar-refractivity contribution in [3.05, 3.63) is 116 Å². The highest BCUT2D eigenvalue weighted by molar-refractivity contribution is 9.11. The van der Waals surface area contributed by atoms with E-state index in [0.29, 0.717) is 38.2 Å². The Morgan fingerprint density at radius 2 is 1.60 bits per heavy atom. The quantitative estimate of drug-likeness (QED) is 0.114. The highest BCUT2D eigenvalue weighted by atomic mass is 79.9. The van der Waals surface area contributed by atoms with Crippen molar-refractivity contribution < 1.29 is 26.9 Å². The first-order valence-electron chi connectivity index (χ1n) is 11.8. The molecule has 1 amide bonds. The van der Waals surface area contributed by atoms with Crippen LogP contribution in [0.25, 0.3) is 0 Å². The predicted octanol–water partition coefficient (Wildman–Crippen LogP) is 6.64. The van der Waals surface area contributed by atoms with Crippen LogP contribution < -0.4 is 19.1 Å². The number of halogens is 2. The van der Waals surface area contributed by atoms with Crippen LogP contribution >= 0.6 is 31.9 Å². The third-order valence-corrected chi connectivity index (χ3v) is 7.98. The molecule has 0 heterocycles. The molecule has 0 bridgehead atoms. The van der Waals surface area contributed by atoms with Crippen LogP contribution in [0.2, 0.25) is 0 Å². The Bertz CT molecular complexity index is 1620. The van der Waals surface area contributed by atoms with Crippen molar-refractivity contribution in [2.45, 2.75) is 18.4 Å². The van der Waals surface area contributed by atoms with Gasteiger partial charge in [-0.25, -0.2) is 5.43 Å². The van der Waals surface area contributed by atoms with Crippen molar-refractivity contribution in [3.63, 3.8) is 0 Å². The number of methoxy groups -OCH3 is 1. The van der Waals surface area contributed by atoms with Gasteiger partial charge >= 0.3 is 10.1 Å². The largest absolute Gasteiger partial charge is 0.493 e. The molecule has 0 spiro atoms. The lowest BCUT2D eigenvalue weighted by Crippen LogP contribution is -2.17. The minimum absolute atomic E-state index is 0.0395. The van der Waals surface area contributed by atoms with E-state index in [2.05, 4.69) is 42.4 Å². The maximum absolute atomic E-state index is 12.7. The van der Waals surface area contributed by atoms with Gasteiger partial charge in [-0.1, -0.05) is 48.0 Å². The first kappa shape index (κ1) is 29.3. The zero-order valence-electron chi connectivity index (χ0n) is 21.4. The van der Waals surface area contributed by atoms with E-state index in [0.717, 1.165) is 11.1 Å². The maximum Gasteiger partial charge on any atom is 0.339 e. The van der Waals surface area contributed by atoms with Crippen molar-refractivity contribution in [1.82, 2.24) is 5.43 Å². The Hall–Kier alpha value is -3.67. The van der Waals surface area contributed by atoms with Crippen LogP contribution in [0.4, 0.5) is 0 Å². The Morgan fingerprint density at radius 1 is 0.925 bits per heavy atom. The fraction of sp³-hybridized carbons (Fsp3) is 0.103. The molecule has 0 aliphatic carbocycles. The van der Waals surface area contributed by atoms with Crippen LogP contribution in [0.1, 0.15) is 27.0 Å². The molecule has 0 fully saturated rings. The number of hydrogen-bond donors (Lipinski definition) is 1. The van der Waals surface area contributed by atoms with Crippen LogP contribution in [0.5, 0.6) is 17.2 Å². The molecule has 40 heavy (non-hydrogen) atoms. The molecular weight excluding hydrogens is 664 g/mol. The lowest BCUT2D eigenvalue weighted by Gasteiger charge is -2.12. The molecule has 0 saturated heterocycles. The summed E-state index contributed by atoms with van der Waals surface area (Å²) in [4.78, 5) is 12.7. The number of rotatable bonds is 10. The van der Waals surface area contributed by atoms with Crippen molar-refractivity contribution in [2.24, 2.45) is 5.10 Å². The lowest BCUT2D eigenvalue weighted by molar-refractivity contribution is 0.0954. The van der Waals surface area contributed by atoms with Gasteiger partial charge in [0.15, 0.2) is 17.2 Å². The number of amides is 1. The minimum Gasteiger partial charge on any atom is -0.493 e. The standard InChI is InChI=1S/C29H24Br2N2O6S/c1-19-8-11-23(12-9-19)40(35,36)39-28-24(30)14-21(15-25(28)31)17-32-33-29(34)22-10-13-26(27(16-22)37-2)38-18-20-6-4-3-5-7-20/h3-17H,18H2,1-2H3,(H,33,34)/b32-17+. The number of carbonyl (C=O) groups is 1. The second-order valence-electron chi connectivity index (χ2n) is 8.50. The summed E-state index contributed by atoms with van der Waals surface area (Å²) < 4.78 is 42.7. The molecule has 0 saturated carbocycles. The smallest absolute Gasteiger partial charge is 0.339 e. The highest BCUT2D eigenvalue weighted by Gasteiger charge is 2.20. The minimum atomic E-state index is -4.04. The topological polar surface area (TPSA) is 103 Å². The first-order valence-corrected chi connectivity index (χ1v) is 14.8. The zero-order valence-corrected chi connectivity index (χ0v) is 25.4. The van der Waals surface area contributed by atoms with E-state index in [9.17, 15) is 13.2 Å². The van der Waals surface area contributed by atoms with Gasteiger partial charge in [0.25, 0.3) is 5.91 Å². The van der Waals surface area contributed by atoms with Gasteiger partial charge in [-0.3, -0.25) is 4.79 Å². The van der Waals surface area contributed by atoms with Gasteiger partial charge in [-0.2, -0.15) is 13.5 Å². The van der Waals surface area contributed by atoms with E-state index in [4.69, 9.17) is 13.7 Å². The molecule has 4 rings (SSSR count). The van der Waals surface area contributed by atoms with Gasteiger partial charge in [0.2, 0.25) is 0 Å². The Balaban J connectivity index is 1.41. The summed E-state index contributed by atoms with van der Waals surface area (Å²) in [5.41, 5.74) is 5.31. The summed E-state index contributed by atoms with van der Waals surface area (Å²) in [6, 6.07) is 24.1. The molecule has 0 atom stereocenters. The monoisotopic (exact) mass is 686 g/mol. The number of nitrogens with one attached hydrogen (secondary N) is 1. The van der Waals surface area contributed by atoms with E-state index < -0.39 is 16.0 Å². The number of nitrogens with zero attached hydrogens (tertiary/aromatic N) is 1. The number of aryl methyl sites for hydroxylation is 1. The van der Waals surface area contributed by atoms with Gasteiger partial charge in [0.05, 0.1) is 22.3 Å². The van der Waals surface area contributed by atoms with Crippen LogP contribution in [0, 0.1) is 6.92 Å². The molecule has 206 valence electrons. The Kier molecular flexibility index (Phi) is 9.62. The third kappa shape index (κ3) is 7.50. The van der Waals surface area contributed by atoms with E-state index in [-0.39, 0.29) is 10.6 Å². The lowest BCUT2D eigenvalue weighted by atomic mass is 10.2. The maximum atomic E-state index is 12.7. The van der Waals surface area contributed by atoms with Crippen LogP contribution in [-0.2, 0) is 16.7 Å². The van der Waals surface area contributed by atoms with E-state index in [1.807, 2.05) is 37.3 Å². The van der Waals surface area contributed by atoms with Crippen molar-refractivity contribution in [2.75, 3.05) is 7.11 Å². The third-order valence-electron chi connectivity index (χ3n) is 5.57. The fourth-order valence-electron chi connectivity index (χ4n) is 3.49. The number of ether oxygens (including phenoxy) is 2. The average molecular weight is 688 g/mol. The fourth-order valence-corrected chi connectivity index (χ4v) is 6.05. The zero-order chi connectivity index (χ0) is 28.7. The predicted molar refractivity (Wildman–Crippen MR) is 160 cm³/mol. The second kappa shape index (κ2) is 13.1. The van der Waals surface area contributed by atoms with Gasteiger partial charge in [-0.15, -0.1) is 0 Å². The average Bonchev–Trinajstić information content (AvgIpc) is 2.94. The van der Waals surface area contributed by atoms with Crippen molar-refractivity contribution in [3.8, 4) is 17.2 Å². The highest BCUT2D eigenvalue weighted by Crippen LogP contribution is 2.36. The Labute approximate surface area is 249 Å². The Morgan fingerprint density at radius 3 is 2.25 bits per heavy atom. The molecule has 0 aliphatic heterocycles. The van der Waals surface area contributed by atoms with Crippen LogP contribution in [0.3, 0.4) is 0 Å². The van der Waals surface area contributed by atoms with Gasteiger partial charge in [0, 0.05) is 5.56 Å². The molecule has 11 heteroatoms. The van der Waals surface area contributed by atoms with Crippen molar-refractivity contribution >= 4 is 54.1 Å². The summed E-state index contributed by atoms with van der Waals surface area (Å²) in [7, 11) is -2.54. The van der Waals surface area contributed by atoms with E-state index in [1.54, 1.807) is 42.5 Å². The SMILES string of the molecule is COc1cc(C(=O)N/N=C/c2cc(Br)c(OS(=O)(=O)c3ccc(C)cc3)c(Br)c2)ccc1OCc1ccccc1. The molecular formula is C29H24Br2N2O6S. The van der Waals surface area contributed by atoms with E-state index in [1.165, 1.54) is 25.5 Å². The van der Waals surface area contributed by atoms with Gasteiger partial charge in [-0.05, 0) is 92.4 Å². The first-order chi connectivity index (χ1) is 19.2. The van der Waals surface area contributed by atoms with Gasteiger partial charge in [0.1, 0.15) is 11.5 Å². The van der Waals surface area contributed by atoms with Crippen LogP contribution in [-0.4, -0.2) is 27.6 Å². The number of hydrogen-bond acceptors (Lipinski definition) is 7. The van der Waals surface area contributed by atoms with E-state index >= 15 is 0 Å². The number of carbonyl (C=O) groups excluding carboxylic acids is 1. The number of hydrazone groups is 1. The molecule has 0 unspecified atom stereocenters. The molecule has 4 aromatic rings. The number of benzene rings is 4. The summed E-state index contributed by atoms with van der Waals surface area (Å²) in [5, 5.41) is 4.02. The van der Waals surface area contributed by atoms with Crippen LogP contribution in [0.15, 0.2) is 104 Å². The summed E-state index contributed by atoms with van der Waals surface area (Å²) in [6.45, 7) is 2.22. The van der Waals surface area contributed by atoms with Gasteiger partial charge < -0.3 is 13.7 Å². The second-order valence-corrected chi connectivity index (χ2v) is 11.8. The molecule has 0 aliphatic rings. The molecule has 0 aromatic heterocycles. The molecule has 1 N–H and O–H groups in total. The summed E-state index contributed by atoms with van der Waals surface area (Å²) >= 11 is 6.70. The molecule has 0 radical (unpaired) electrons. The summed E-state index contributed by atoms with van der Waals surface area (Å²) in [6.07, 6.45) is 1.42. The molecule has 8 nitrogen and oxygen atoms in total.